The monoisotopic (exact) mass is 308 g/mol. The van der Waals surface area contributed by atoms with E-state index < -0.39 is 0 Å². The van der Waals surface area contributed by atoms with Crippen LogP contribution in [0.5, 0.6) is 0 Å². The highest BCUT2D eigenvalue weighted by Gasteiger charge is 2.11. The van der Waals surface area contributed by atoms with Crippen molar-refractivity contribution in [1.82, 2.24) is 0 Å². The minimum absolute atomic E-state index is 0.129. The van der Waals surface area contributed by atoms with E-state index in [0.29, 0.717) is 0 Å². The summed E-state index contributed by atoms with van der Waals surface area (Å²) < 4.78 is 0. The molecule has 1 nitrogen and oxygen atoms in total. The van der Waals surface area contributed by atoms with Crippen LogP contribution in [0.4, 0.5) is 0 Å². The van der Waals surface area contributed by atoms with Crippen LogP contribution in [0.3, 0.4) is 0 Å². The molecule has 23 heavy (non-hydrogen) atoms. The molecule has 0 fully saturated rings. The fourth-order valence-electron chi connectivity index (χ4n) is 2.85. The molecule has 2 aromatic rings. The number of benzene rings is 2. The van der Waals surface area contributed by atoms with Crippen LogP contribution >= 0.6 is 0 Å². The third kappa shape index (κ3) is 4.79. The van der Waals surface area contributed by atoms with Gasteiger partial charge in [0.25, 0.3) is 0 Å². The normalized spacial score (nSPS) is 10.7. The summed E-state index contributed by atoms with van der Waals surface area (Å²) in [6, 6.07) is 14.2. The van der Waals surface area contributed by atoms with Crippen LogP contribution in [-0.4, -0.2) is 5.78 Å². The van der Waals surface area contributed by atoms with E-state index in [4.69, 9.17) is 0 Å². The smallest absolute Gasteiger partial charge is 0.193 e. The van der Waals surface area contributed by atoms with E-state index >= 15 is 0 Å². The Kier molecular flexibility index (Phi) is 6.58. The van der Waals surface area contributed by atoms with Crippen molar-refractivity contribution in [3.05, 3.63) is 70.3 Å². The lowest BCUT2D eigenvalue weighted by atomic mass is 9.93. The summed E-state index contributed by atoms with van der Waals surface area (Å²) in [6.45, 7) is 6.48. The zero-order valence-corrected chi connectivity index (χ0v) is 14.7. The fraction of sp³-hybridized carbons (Fsp3) is 0.409. The van der Waals surface area contributed by atoms with Crippen LogP contribution in [0.1, 0.15) is 72.1 Å². The van der Waals surface area contributed by atoms with Crippen molar-refractivity contribution in [3.63, 3.8) is 0 Å². The Morgan fingerprint density at radius 1 is 0.783 bits per heavy atom. The summed E-state index contributed by atoms with van der Waals surface area (Å²) in [6.07, 6.45) is 6.98. The molecule has 0 spiro atoms. The Bertz CT molecular complexity index is 638. The Morgan fingerprint density at radius 2 is 1.35 bits per heavy atom. The second-order valence-corrected chi connectivity index (χ2v) is 6.39. The Morgan fingerprint density at radius 3 is 1.96 bits per heavy atom. The number of carbonyl (C=O) groups excluding carboxylic acids is 1. The van der Waals surface area contributed by atoms with Crippen molar-refractivity contribution < 1.29 is 4.79 Å². The number of rotatable bonds is 8. The van der Waals surface area contributed by atoms with Gasteiger partial charge in [0.2, 0.25) is 0 Å². The van der Waals surface area contributed by atoms with Gasteiger partial charge < -0.3 is 0 Å². The van der Waals surface area contributed by atoms with Crippen molar-refractivity contribution in [2.24, 2.45) is 0 Å². The van der Waals surface area contributed by atoms with E-state index in [2.05, 4.69) is 26.0 Å². The van der Waals surface area contributed by atoms with Gasteiger partial charge in [-0.1, -0.05) is 68.7 Å². The summed E-state index contributed by atoms with van der Waals surface area (Å²) in [4.78, 5) is 12.7. The van der Waals surface area contributed by atoms with E-state index in [1.807, 2.05) is 37.3 Å². The molecule has 0 saturated carbocycles. The number of unbranched alkanes of at least 4 members (excludes halogenated alkanes) is 2. The summed E-state index contributed by atoms with van der Waals surface area (Å²) in [7, 11) is 0. The first-order valence-corrected chi connectivity index (χ1v) is 8.88. The van der Waals surface area contributed by atoms with E-state index in [-0.39, 0.29) is 5.78 Å². The summed E-state index contributed by atoms with van der Waals surface area (Å²) in [5.41, 5.74) is 5.55. The van der Waals surface area contributed by atoms with Gasteiger partial charge in [-0.05, 0) is 49.8 Å². The average molecular weight is 308 g/mol. The molecule has 2 rings (SSSR count). The molecule has 0 N–H and O–H groups in total. The molecule has 0 amide bonds. The first-order valence-electron chi connectivity index (χ1n) is 8.88. The fourth-order valence-corrected chi connectivity index (χ4v) is 2.85. The maximum Gasteiger partial charge on any atom is 0.193 e. The predicted molar refractivity (Wildman–Crippen MR) is 98.3 cm³/mol. The van der Waals surface area contributed by atoms with Gasteiger partial charge in [-0.3, -0.25) is 4.79 Å². The number of ketones is 1. The van der Waals surface area contributed by atoms with Crippen molar-refractivity contribution in [3.8, 4) is 0 Å². The van der Waals surface area contributed by atoms with Crippen LogP contribution in [0.2, 0.25) is 0 Å². The van der Waals surface area contributed by atoms with Crippen LogP contribution in [0, 0.1) is 6.92 Å². The Hall–Kier alpha value is -1.89. The number of hydrogen-bond donors (Lipinski definition) is 0. The molecule has 0 unspecified atom stereocenters. The van der Waals surface area contributed by atoms with Crippen molar-refractivity contribution in [1.29, 1.82) is 0 Å². The SMILES string of the molecule is CCCCc1ccc(C(=O)c2ccc(C)cc2)cc1CCCC. The van der Waals surface area contributed by atoms with Gasteiger partial charge in [-0.2, -0.15) is 0 Å². The van der Waals surface area contributed by atoms with Gasteiger partial charge in [0.15, 0.2) is 5.78 Å². The lowest BCUT2D eigenvalue weighted by Gasteiger charge is -2.11. The zero-order chi connectivity index (χ0) is 16.7. The van der Waals surface area contributed by atoms with Gasteiger partial charge in [-0.25, -0.2) is 0 Å². The molecule has 0 heterocycles. The van der Waals surface area contributed by atoms with Gasteiger partial charge in [-0.15, -0.1) is 0 Å². The molecule has 122 valence electrons. The van der Waals surface area contributed by atoms with Crippen LogP contribution in [0.25, 0.3) is 0 Å². The standard InChI is InChI=1S/C22H28O/c1-4-6-8-18-14-15-21(16-20(18)9-7-5-2)22(23)19-12-10-17(3)11-13-19/h10-16H,4-9H2,1-3H3. The van der Waals surface area contributed by atoms with Crippen LogP contribution in [0.15, 0.2) is 42.5 Å². The number of hydrogen-bond acceptors (Lipinski definition) is 1. The molecule has 1 heteroatoms. The second kappa shape index (κ2) is 8.67. The highest BCUT2D eigenvalue weighted by atomic mass is 16.1. The largest absolute Gasteiger partial charge is 0.289 e. The third-order valence-corrected chi connectivity index (χ3v) is 4.38. The maximum absolute atomic E-state index is 12.7. The molecule has 2 aromatic carbocycles. The van der Waals surface area contributed by atoms with Crippen molar-refractivity contribution >= 4 is 5.78 Å². The molecule has 0 aliphatic carbocycles. The molecular weight excluding hydrogens is 280 g/mol. The van der Waals surface area contributed by atoms with Gasteiger partial charge >= 0.3 is 0 Å². The first kappa shape index (κ1) is 17.5. The molecule has 0 saturated heterocycles. The summed E-state index contributed by atoms with van der Waals surface area (Å²) in [5.74, 6) is 0.129. The van der Waals surface area contributed by atoms with Crippen molar-refractivity contribution in [2.75, 3.05) is 0 Å². The van der Waals surface area contributed by atoms with E-state index in [1.165, 1.54) is 42.4 Å². The molecule has 0 aliphatic rings. The summed E-state index contributed by atoms with van der Waals surface area (Å²) >= 11 is 0. The van der Waals surface area contributed by atoms with Crippen LogP contribution in [-0.2, 0) is 12.8 Å². The highest BCUT2D eigenvalue weighted by molar-refractivity contribution is 6.09. The minimum Gasteiger partial charge on any atom is -0.289 e. The lowest BCUT2D eigenvalue weighted by Crippen LogP contribution is -2.04. The van der Waals surface area contributed by atoms with E-state index in [1.54, 1.807) is 0 Å². The number of aryl methyl sites for hydroxylation is 3. The molecule has 0 aliphatic heterocycles. The first-order chi connectivity index (χ1) is 11.2. The molecule has 0 bridgehead atoms. The number of carbonyl (C=O) groups is 1. The Balaban J connectivity index is 2.27. The van der Waals surface area contributed by atoms with E-state index in [0.717, 1.165) is 24.0 Å². The maximum atomic E-state index is 12.7. The minimum atomic E-state index is 0.129. The second-order valence-electron chi connectivity index (χ2n) is 6.39. The van der Waals surface area contributed by atoms with Gasteiger partial charge in [0.1, 0.15) is 0 Å². The lowest BCUT2D eigenvalue weighted by molar-refractivity contribution is 0.103. The summed E-state index contributed by atoms with van der Waals surface area (Å²) in [5, 5.41) is 0. The van der Waals surface area contributed by atoms with Gasteiger partial charge in [0, 0.05) is 11.1 Å². The average Bonchev–Trinajstić information content (AvgIpc) is 2.58. The highest BCUT2D eigenvalue weighted by Crippen LogP contribution is 2.20. The quantitative estimate of drug-likeness (QED) is 0.554. The van der Waals surface area contributed by atoms with E-state index in [9.17, 15) is 4.79 Å². The molecule has 0 aromatic heterocycles. The zero-order valence-electron chi connectivity index (χ0n) is 14.7. The molecular formula is C22H28O. The van der Waals surface area contributed by atoms with Crippen molar-refractivity contribution in [2.45, 2.75) is 59.3 Å². The van der Waals surface area contributed by atoms with Crippen LogP contribution < -0.4 is 0 Å². The predicted octanol–water partition coefficient (Wildman–Crippen LogP) is 5.91. The molecule has 0 atom stereocenters. The Labute approximate surface area is 140 Å². The molecule has 0 radical (unpaired) electrons. The topological polar surface area (TPSA) is 17.1 Å². The third-order valence-electron chi connectivity index (χ3n) is 4.38. The van der Waals surface area contributed by atoms with Gasteiger partial charge in [0.05, 0.1) is 0 Å².